The number of carbonyl (C=O) groups excluding carboxylic acids is 1. The molecule has 0 unspecified atom stereocenters. The zero-order valence-corrected chi connectivity index (χ0v) is 12.2. The quantitative estimate of drug-likeness (QED) is 0.905. The molecule has 104 valence electrons. The Labute approximate surface area is 116 Å². The second kappa shape index (κ2) is 5.74. The lowest BCUT2D eigenvalue weighted by molar-refractivity contribution is 0.0652. The number of hydrogen-bond acceptors (Lipinski definition) is 2. The maximum atomic E-state index is 12.5. The second-order valence-electron chi connectivity index (χ2n) is 5.98. The van der Waals surface area contributed by atoms with Crippen molar-refractivity contribution in [3.05, 3.63) is 35.4 Å². The van der Waals surface area contributed by atoms with E-state index >= 15 is 0 Å². The third-order valence-electron chi connectivity index (χ3n) is 3.60. The van der Waals surface area contributed by atoms with Crippen LogP contribution in [0, 0.1) is 0 Å². The van der Waals surface area contributed by atoms with Gasteiger partial charge in [-0.05, 0) is 38.0 Å². The molecule has 1 aromatic rings. The third-order valence-corrected chi connectivity index (χ3v) is 3.60. The lowest BCUT2D eigenvalue weighted by atomic mass is 10.0. The van der Waals surface area contributed by atoms with Crippen molar-refractivity contribution in [3.8, 4) is 0 Å². The molecule has 1 aliphatic rings. The summed E-state index contributed by atoms with van der Waals surface area (Å²) in [7, 11) is 0. The van der Waals surface area contributed by atoms with Crippen molar-refractivity contribution in [2.24, 2.45) is 0 Å². The van der Waals surface area contributed by atoms with Gasteiger partial charge in [-0.2, -0.15) is 0 Å². The molecular formula is C16H24N2O. The fourth-order valence-corrected chi connectivity index (χ4v) is 2.60. The SMILES string of the molecule is CCCc1ccc(C(=O)N2CCNC(C)(C)C2)cc1. The van der Waals surface area contributed by atoms with Crippen molar-refractivity contribution in [3.63, 3.8) is 0 Å². The molecule has 0 saturated carbocycles. The van der Waals surface area contributed by atoms with Gasteiger partial charge >= 0.3 is 0 Å². The van der Waals surface area contributed by atoms with Crippen molar-refractivity contribution in [1.82, 2.24) is 10.2 Å². The van der Waals surface area contributed by atoms with Gasteiger partial charge in [-0.1, -0.05) is 25.5 Å². The molecule has 0 spiro atoms. The minimum Gasteiger partial charge on any atom is -0.336 e. The van der Waals surface area contributed by atoms with E-state index in [1.54, 1.807) is 0 Å². The normalized spacial score (nSPS) is 18.4. The van der Waals surface area contributed by atoms with Gasteiger partial charge < -0.3 is 10.2 Å². The Balaban J connectivity index is 2.06. The molecule has 0 atom stereocenters. The van der Waals surface area contributed by atoms with Gasteiger partial charge in [0, 0.05) is 30.7 Å². The minimum atomic E-state index is 0.00998. The van der Waals surface area contributed by atoms with E-state index < -0.39 is 0 Å². The van der Waals surface area contributed by atoms with Crippen LogP contribution in [0.1, 0.15) is 43.1 Å². The summed E-state index contributed by atoms with van der Waals surface area (Å²) in [6.07, 6.45) is 2.22. The average molecular weight is 260 g/mol. The van der Waals surface area contributed by atoms with Gasteiger partial charge in [-0.25, -0.2) is 0 Å². The molecule has 2 rings (SSSR count). The van der Waals surface area contributed by atoms with Crippen molar-refractivity contribution in [2.75, 3.05) is 19.6 Å². The second-order valence-corrected chi connectivity index (χ2v) is 5.98. The average Bonchev–Trinajstić information content (AvgIpc) is 2.38. The first-order chi connectivity index (χ1) is 9.02. The van der Waals surface area contributed by atoms with Crippen LogP contribution in [0.15, 0.2) is 24.3 Å². The van der Waals surface area contributed by atoms with Crippen molar-refractivity contribution in [2.45, 2.75) is 39.2 Å². The minimum absolute atomic E-state index is 0.00998. The zero-order chi connectivity index (χ0) is 13.9. The van der Waals surface area contributed by atoms with Crippen LogP contribution in [0.25, 0.3) is 0 Å². The van der Waals surface area contributed by atoms with E-state index in [1.807, 2.05) is 17.0 Å². The highest BCUT2D eigenvalue weighted by Gasteiger charge is 2.28. The van der Waals surface area contributed by atoms with Gasteiger partial charge in [0.25, 0.3) is 5.91 Å². The zero-order valence-electron chi connectivity index (χ0n) is 12.2. The van der Waals surface area contributed by atoms with Crippen LogP contribution in [0.3, 0.4) is 0 Å². The predicted molar refractivity (Wildman–Crippen MR) is 78.4 cm³/mol. The Morgan fingerprint density at radius 3 is 2.58 bits per heavy atom. The summed E-state index contributed by atoms with van der Waals surface area (Å²) in [5.41, 5.74) is 2.12. The summed E-state index contributed by atoms with van der Waals surface area (Å²) in [6.45, 7) is 8.86. The van der Waals surface area contributed by atoms with E-state index in [2.05, 4.69) is 38.2 Å². The van der Waals surface area contributed by atoms with Gasteiger partial charge in [0.1, 0.15) is 0 Å². The highest BCUT2D eigenvalue weighted by atomic mass is 16.2. The summed E-state index contributed by atoms with van der Waals surface area (Å²) in [5, 5.41) is 3.43. The number of piperazine rings is 1. The maximum Gasteiger partial charge on any atom is 0.253 e. The molecule has 19 heavy (non-hydrogen) atoms. The molecule has 1 heterocycles. The predicted octanol–water partition coefficient (Wildman–Crippen LogP) is 2.46. The summed E-state index contributed by atoms with van der Waals surface area (Å²) in [6, 6.07) is 8.07. The Hall–Kier alpha value is -1.35. The smallest absolute Gasteiger partial charge is 0.253 e. The van der Waals surface area contributed by atoms with E-state index in [1.165, 1.54) is 5.56 Å². The molecule has 1 amide bonds. The first-order valence-electron chi connectivity index (χ1n) is 7.15. The standard InChI is InChI=1S/C16H24N2O/c1-4-5-13-6-8-14(9-7-13)15(19)18-11-10-17-16(2,3)12-18/h6-9,17H,4-5,10-12H2,1-3H3. The van der Waals surface area contributed by atoms with Crippen LogP contribution in [-0.4, -0.2) is 36.0 Å². The number of benzene rings is 1. The fourth-order valence-electron chi connectivity index (χ4n) is 2.60. The van der Waals surface area contributed by atoms with Gasteiger partial charge in [0.15, 0.2) is 0 Å². The molecule has 0 bridgehead atoms. The number of hydrogen-bond donors (Lipinski definition) is 1. The van der Waals surface area contributed by atoms with Crippen LogP contribution >= 0.6 is 0 Å². The molecular weight excluding hydrogens is 236 g/mol. The lowest BCUT2D eigenvalue weighted by Gasteiger charge is -2.39. The summed E-state index contributed by atoms with van der Waals surface area (Å²) >= 11 is 0. The first-order valence-corrected chi connectivity index (χ1v) is 7.15. The van der Waals surface area contributed by atoms with Crippen LogP contribution < -0.4 is 5.32 Å². The number of nitrogens with one attached hydrogen (secondary N) is 1. The van der Waals surface area contributed by atoms with Crippen LogP contribution in [0.4, 0.5) is 0 Å². The third kappa shape index (κ3) is 3.57. The molecule has 1 saturated heterocycles. The van der Waals surface area contributed by atoms with E-state index in [0.29, 0.717) is 0 Å². The number of carbonyl (C=O) groups is 1. The lowest BCUT2D eigenvalue weighted by Crippen LogP contribution is -2.58. The Morgan fingerprint density at radius 2 is 2.00 bits per heavy atom. The van der Waals surface area contributed by atoms with E-state index in [4.69, 9.17) is 0 Å². The Kier molecular flexibility index (Phi) is 4.25. The molecule has 0 aliphatic carbocycles. The Bertz CT molecular complexity index is 437. The monoisotopic (exact) mass is 260 g/mol. The highest BCUT2D eigenvalue weighted by Crippen LogP contribution is 2.14. The molecule has 1 N–H and O–H groups in total. The summed E-state index contributed by atoms with van der Waals surface area (Å²) < 4.78 is 0. The number of rotatable bonds is 3. The Morgan fingerprint density at radius 1 is 1.32 bits per heavy atom. The maximum absolute atomic E-state index is 12.5. The number of aryl methyl sites for hydroxylation is 1. The van der Waals surface area contributed by atoms with Crippen LogP contribution in [0.2, 0.25) is 0 Å². The summed E-state index contributed by atoms with van der Waals surface area (Å²) in [4.78, 5) is 14.4. The molecule has 3 heteroatoms. The number of nitrogens with zero attached hydrogens (tertiary/aromatic N) is 1. The molecule has 3 nitrogen and oxygen atoms in total. The van der Waals surface area contributed by atoms with E-state index in [9.17, 15) is 4.79 Å². The largest absolute Gasteiger partial charge is 0.336 e. The van der Waals surface area contributed by atoms with Gasteiger partial charge in [-0.3, -0.25) is 4.79 Å². The summed E-state index contributed by atoms with van der Waals surface area (Å²) in [5.74, 6) is 0.151. The number of amides is 1. The van der Waals surface area contributed by atoms with Crippen molar-refractivity contribution in [1.29, 1.82) is 0 Å². The fraction of sp³-hybridized carbons (Fsp3) is 0.562. The van der Waals surface area contributed by atoms with Crippen molar-refractivity contribution >= 4 is 5.91 Å². The van der Waals surface area contributed by atoms with Gasteiger partial charge in [0.05, 0.1) is 0 Å². The molecule has 0 aromatic heterocycles. The van der Waals surface area contributed by atoms with E-state index in [-0.39, 0.29) is 11.4 Å². The highest BCUT2D eigenvalue weighted by molar-refractivity contribution is 5.94. The molecule has 1 aliphatic heterocycles. The molecule has 1 fully saturated rings. The van der Waals surface area contributed by atoms with Crippen LogP contribution in [0.5, 0.6) is 0 Å². The van der Waals surface area contributed by atoms with E-state index in [0.717, 1.165) is 38.0 Å². The molecule has 1 aromatic carbocycles. The topological polar surface area (TPSA) is 32.3 Å². The van der Waals surface area contributed by atoms with Gasteiger partial charge in [0.2, 0.25) is 0 Å². The first kappa shape index (κ1) is 14.1. The van der Waals surface area contributed by atoms with Crippen LogP contribution in [-0.2, 0) is 6.42 Å². The van der Waals surface area contributed by atoms with Crippen molar-refractivity contribution < 1.29 is 4.79 Å². The molecule has 0 radical (unpaired) electrons. The van der Waals surface area contributed by atoms with Gasteiger partial charge in [-0.15, -0.1) is 0 Å².